The molecule has 1 heterocycles. The highest BCUT2D eigenvalue weighted by Gasteiger charge is 2.23. The van der Waals surface area contributed by atoms with Crippen LogP contribution in [0.1, 0.15) is 38.8 Å². The van der Waals surface area contributed by atoms with Crippen molar-refractivity contribution in [1.82, 2.24) is 15.5 Å². The van der Waals surface area contributed by atoms with Gasteiger partial charge in [-0.15, -0.1) is 0 Å². The Labute approximate surface area is 151 Å². The van der Waals surface area contributed by atoms with E-state index in [1.807, 2.05) is 32.9 Å². The first-order chi connectivity index (χ1) is 11.8. The lowest BCUT2D eigenvalue weighted by Gasteiger charge is -2.36. The first-order valence-corrected chi connectivity index (χ1v) is 9.08. The topological polar surface area (TPSA) is 79.6 Å². The quantitative estimate of drug-likeness (QED) is 0.394. The summed E-state index contributed by atoms with van der Waals surface area (Å²) in [6.07, 6.45) is 0.403. The number of carbonyl (C=O) groups excluding carboxylic acids is 1. The maximum Gasteiger partial charge on any atom is 0.307 e. The Morgan fingerprint density at radius 3 is 2.72 bits per heavy atom. The van der Waals surface area contributed by atoms with Crippen molar-refractivity contribution in [3.63, 3.8) is 0 Å². The van der Waals surface area contributed by atoms with E-state index in [1.165, 1.54) is 5.56 Å². The van der Waals surface area contributed by atoms with Crippen molar-refractivity contribution >= 4 is 11.7 Å². The van der Waals surface area contributed by atoms with Gasteiger partial charge in [-0.05, 0) is 38.5 Å². The SMILES string of the molecule is CC(C)(C)OC(=O)CCNCCN1CCNCC1c1ccc(N)cc1. The van der Waals surface area contributed by atoms with Crippen LogP contribution in [0.4, 0.5) is 5.69 Å². The number of carbonyl (C=O) groups is 1. The molecule has 2 rings (SSSR count). The maximum atomic E-state index is 11.7. The Kier molecular flexibility index (Phi) is 7.23. The third-order valence-corrected chi connectivity index (χ3v) is 4.18. The van der Waals surface area contributed by atoms with Gasteiger partial charge in [-0.1, -0.05) is 12.1 Å². The van der Waals surface area contributed by atoms with Crippen molar-refractivity contribution in [3.8, 4) is 0 Å². The second kappa shape index (κ2) is 9.17. The molecule has 0 radical (unpaired) electrons. The summed E-state index contributed by atoms with van der Waals surface area (Å²) < 4.78 is 5.31. The minimum atomic E-state index is -0.413. The lowest BCUT2D eigenvalue weighted by Crippen LogP contribution is -2.48. The molecule has 1 aromatic rings. The second-order valence-corrected chi connectivity index (χ2v) is 7.51. The van der Waals surface area contributed by atoms with E-state index in [2.05, 4.69) is 27.7 Å². The average molecular weight is 348 g/mol. The van der Waals surface area contributed by atoms with Crippen LogP contribution in [0.5, 0.6) is 0 Å². The molecule has 0 amide bonds. The van der Waals surface area contributed by atoms with Crippen LogP contribution in [0, 0.1) is 0 Å². The highest BCUT2D eigenvalue weighted by atomic mass is 16.6. The van der Waals surface area contributed by atoms with Crippen LogP contribution < -0.4 is 16.4 Å². The fourth-order valence-corrected chi connectivity index (χ4v) is 2.99. The molecule has 1 fully saturated rings. The molecule has 4 N–H and O–H groups in total. The van der Waals surface area contributed by atoms with Crippen molar-refractivity contribution in [2.75, 3.05) is 45.0 Å². The van der Waals surface area contributed by atoms with E-state index in [0.29, 0.717) is 19.0 Å². The lowest BCUT2D eigenvalue weighted by molar-refractivity contribution is -0.154. The van der Waals surface area contributed by atoms with Gasteiger partial charge in [0.2, 0.25) is 0 Å². The highest BCUT2D eigenvalue weighted by Crippen LogP contribution is 2.22. The van der Waals surface area contributed by atoms with Gasteiger partial charge >= 0.3 is 5.97 Å². The average Bonchev–Trinajstić information content (AvgIpc) is 2.54. The van der Waals surface area contributed by atoms with Gasteiger partial charge in [-0.25, -0.2) is 0 Å². The molecule has 0 saturated carbocycles. The van der Waals surface area contributed by atoms with Gasteiger partial charge in [0.05, 0.1) is 6.42 Å². The number of nitrogen functional groups attached to an aromatic ring is 1. The number of ether oxygens (including phenoxy) is 1. The zero-order valence-corrected chi connectivity index (χ0v) is 15.7. The Hall–Kier alpha value is -1.63. The zero-order valence-electron chi connectivity index (χ0n) is 15.7. The number of esters is 1. The van der Waals surface area contributed by atoms with Crippen molar-refractivity contribution < 1.29 is 9.53 Å². The van der Waals surface area contributed by atoms with Crippen LogP contribution in [-0.2, 0) is 9.53 Å². The number of nitrogens with one attached hydrogen (secondary N) is 2. The highest BCUT2D eigenvalue weighted by molar-refractivity contribution is 5.70. The number of piperazine rings is 1. The predicted molar refractivity (Wildman–Crippen MR) is 101 cm³/mol. The van der Waals surface area contributed by atoms with Gasteiger partial charge in [0.1, 0.15) is 5.60 Å². The summed E-state index contributed by atoms with van der Waals surface area (Å²) in [5, 5.41) is 6.81. The van der Waals surface area contributed by atoms with E-state index in [1.54, 1.807) is 0 Å². The smallest absolute Gasteiger partial charge is 0.307 e. The number of nitrogens with two attached hydrogens (primary N) is 1. The van der Waals surface area contributed by atoms with E-state index >= 15 is 0 Å². The largest absolute Gasteiger partial charge is 0.460 e. The van der Waals surface area contributed by atoms with E-state index in [0.717, 1.165) is 38.4 Å². The van der Waals surface area contributed by atoms with Crippen LogP contribution in [-0.4, -0.2) is 55.7 Å². The van der Waals surface area contributed by atoms with Crippen molar-refractivity contribution in [2.24, 2.45) is 0 Å². The second-order valence-electron chi connectivity index (χ2n) is 7.51. The minimum absolute atomic E-state index is 0.151. The molecule has 1 aliphatic rings. The summed E-state index contributed by atoms with van der Waals surface area (Å²) in [4.78, 5) is 14.2. The van der Waals surface area contributed by atoms with Crippen LogP contribution >= 0.6 is 0 Å². The van der Waals surface area contributed by atoms with Crippen molar-refractivity contribution in [1.29, 1.82) is 0 Å². The molecule has 0 aliphatic carbocycles. The number of hydrogen-bond donors (Lipinski definition) is 3. The minimum Gasteiger partial charge on any atom is -0.460 e. The number of hydrogen-bond acceptors (Lipinski definition) is 6. The lowest BCUT2D eigenvalue weighted by atomic mass is 10.0. The monoisotopic (exact) mass is 348 g/mol. The third kappa shape index (κ3) is 7.02. The molecular formula is C19H32N4O2. The molecule has 0 spiro atoms. The first-order valence-electron chi connectivity index (χ1n) is 9.08. The number of benzene rings is 1. The fraction of sp³-hybridized carbons (Fsp3) is 0.632. The molecule has 6 nitrogen and oxygen atoms in total. The molecule has 1 aliphatic heterocycles. The summed E-state index contributed by atoms with van der Waals surface area (Å²) >= 11 is 0. The van der Waals surface area contributed by atoms with E-state index < -0.39 is 5.60 Å². The molecular weight excluding hydrogens is 316 g/mol. The van der Waals surface area contributed by atoms with Crippen molar-refractivity contribution in [3.05, 3.63) is 29.8 Å². The summed E-state index contributed by atoms with van der Waals surface area (Å²) in [5.74, 6) is -0.151. The van der Waals surface area contributed by atoms with Gasteiger partial charge in [-0.3, -0.25) is 9.69 Å². The van der Waals surface area contributed by atoms with Crippen LogP contribution in [0.2, 0.25) is 0 Å². The third-order valence-electron chi connectivity index (χ3n) is 4.18. The summed E-state index contributed by atoms with van der Waals surface area (Å²) in [6.45, 7) is 11.1. The van der Waals surface area contributed by atoms with Gasteiger partial charge in [-0.2, -0.15) is 0 Å². The normalized spacial score (nSPS) is 18.9. The summed E-state index contributed by atoms with van der Waals surface area (Å²) in [7, 11) is 0. The maximum absolute atomic E-state index is 11.7. The van der Waals surface area contributed by atoms with Crippen LogP contribution in [0.25, 0.3) is 0 Å². The molecule has 0 aromatic heterocycles. The van der Waals surface area contributed by atoms with Gasteiger partial charge < -0.3 is 21.1 Å². The number of anilines is 1. The van der Waals surface area contributed by atoms with Gasteiger partial charge in [0, 0.05) is 51.0 Å². The zero-order chi connectivity index (χ0) is 18.3. The van der Waals surface area contributed by atoms with E-state index in [9.17, 15) is 4.79 Å². The summed E-state index contributed by atoms with van der Waals surface area (Å²) in [6, 6.07) is 8.50. The Balaban J connectivity index is 1.73. The number of nitrogens with zero attached hydrogens (tertiary/aromatic N) is 1. The van der Waals surface area contributed by atoms with E-state index in [-0.39, 0.29) is 5.97 Å². The Morgan fingerprint density at radius 2 is 2.04 bits per heavy atom. The van der Waals surface area contributed by atoms with E-state index in [4.69, 9.17) is 10.5 Å². The van der Waals surface area contributed by atoms with Crippen LogP contribution in [0.3, 0.4) is 0 Å². The molecule has 1 atom stereocenters. The molecule has 1 unspecified atom stereocenters. The Bertz CT molecular complexity index is 539. The standard InChI is InChI=1S/C19H32N4O2/c1-19(2,3)25-18(24)8-9-21-10-12-23-13-11-22-14-17(23)15-4-6-16(20)7-5-15/h4-7,17,21-22H,8-14,20H2,1-3H3. The Morgan fingerprint density at radius 1 is 1.32 bits per heavy atom. The van der Waals surface area contributed by atoms with Gasteiger partial charge in [0.25, 0.3) is 0 Å². The number of rotatable bonds is 7. The molecule has 1 aromatic carbocycles. The molecule has 6 heteroatoms. The van der Waals surface area contributed by atoms with Crippen molar-refractivity contribution in [2.45, 2.75) is 38.8 Å². The first kappa shape index (κ1) is 19.7. The van der Waals surface area contributed by atoms with Crippen LogP contribution in [0.15, 0.2) is 24.3 Å². The predicted octanol–water partition coefficient (Wildman–Crippen LogP) is 1.54. The fourth-order valence-electron chi connectivity index (χ4n) is 2.99. The molecule has 140 valence electrons. The molecule has 0 bridgehead atoms. The summed E-state index contributed by atoms with van der Waals surface area (Å²) in [5.41, 5.74) is 7.46. The molecule has 25 heavy (non-hydrogen) atoms. The molecule has 1 saturated heterocycles. The van der Waals surface area contributed by atoms with Gasteiger partial charge in [0.15, 0.2) is 0 Å².